The number of ketones is 1. The Bertz CT molecular complexity index is 1050. The van der Waals surface area contributed by atoms with Crippen LogP contribution in [-0.4, -0.2) is 25.5 Å². The highest BCUT2D eigenvalue weighted by Gasteiger charge is 2.41. The molecular weight excluding hydrogens is 390 g/mol. The second-order valence-electron chi connectivity index (χ2n) is 7.92. The molecule has 0 aromatic heterocycles. The molecule has 0 spiro atoms. The monoisotopic (exact) mass is 417 g/mol. The van der Waals surface area contributed by atoms with Crippen molar-refractivity contribution in [2.75, 3.05) is 13.7 Å². The van der Waals surface area contributed by atoms with E-state index >= 15 is 0 Å². The third-order valence-corrected chi connectivity index (χ3v) is 6.03. The Hall–Kier alpha value is -3.34. The van der Waals surface area contributed by atoms with Gasteiger partial charge in [0.1, 0.15) is 5.75 Å². The highest BCUT2D eigenvalue weighted by atomic mass is 16.5. The van der Waals surface area contributed by atoms with Gasteiger partial charge in [-0.25, -0.2) is 4.79 Å². The Labute approximate surface area is 182 Å². The van der Waals surface area contributed by atoms with E-state index in [9.17, 15) is 9.59 Å². The summed E-state index contributed by atoms with van der Waals surface area (Å²) in [5.41, 5.74) is 4.81. The van der Waals surface area contributed by atoms with Gasteiger partial charge < -0.3 is 14.8 Å². The number of dihydropyridines is 1. The first-order valence-electron chi connectivity index (χ1n) is 10.6. The summed E-state index contributed by atoms with van der Waals surface area (Å²) in [5, 5.41) is 3.36. The summed E-state index contributed by atoms with van der Waals surface area (Å²) < 4.78 is 10.6. The number of carbonyl (C=O) groups is 2. The average Bonchev–Trinajstić information content (AvgIpc) is 2.79. The van der Waals surface area contributed by atoms with E-state index < -0.39 is 11.9 Å². The molecule has 5 heteroatoms. The van der Waals surface area contributed by atoms with E-state index in [-0.39, 0.29) is 11.7 Å². The molecule has 0 saturated heterocycles. The number of esters is 1. The van der Waals surface area contributed by atoms with Crippen LogP contribution in [0.3, 0.4) is 0 Å². The van der Waals surface area contributed by atoms with Gasteiger partial charge >= 0.3 is 5.97 Å². The maximum Gasteiger partial charge on any atom is 0.336 e. The lowest BCUT2D eigenvalue weighted by atomic mass is 9.72. The second kappa shape index (κ2) is 8.80. The molecule has 1 N–H and O–H groups in total. The summed E-state index contributed by atoms with van der Waals surface area (Å²) >= 11 is 0. The lowest BCUT2D eigenvalue weighted by Gasteiger charge is -2.36. The smallest absolute Gasteiger partial charge is 0.336 e. The normalized spacial score (nSPS) is 20.8. The topological polar surface area (TPSA) is 64.6 Å². The molecular formula is C26H27NO4. The SMILES string of the molecule is CCOc1ccc([C@H]2C(C(=O)OC)=C(C)NC3=C2C(=O)C[C@H](c2ccccc2)C3)cc1. The maximum absolute atomic E-state index is 13.4. The Kier molecular flexibility index (Phi) is 5.94. The zero-order valence-corrected chi connectivity index (χ0v) is 18.1. The first-order valence-corrected chi connectivity index (χ1v) is 10.6. The fraction of sp³-hybridized carbons (Fsp3) is 0.308. The lowest BCUT2D eigenvalue weighted by Crippen LogP contribution is -2.36. The van der Waals surface area contributed by atoms with Crippen LogP contribution >= 0.6 is 0 Å². The van der Waals surface area contributed by atoms with Crippen molar-refractivity contribution in [3.8, 4) is 5.75 Å². The summed E-state index contributed by atoms with van der Waals surface area (Å²) in [6, 6.07) is 17.7. The molecule has 1 aliphatic carbocycles. The van der Waals surface area contributed by atoms with Crippen molar-refractivity contribution in [1.82, 2.24) is 5.32 Å². The molecule has 2 aromatic carbocycles. The van der Waals surface area contributed by atoms with Gasteiger partial charge in [-0.1, -0.05) is 42.5 Å². The number of nitrogens with one attached hydrogen (secondary N) is 1. The quantitative estimate of drug-likeness (QED) is 0.719. The van der Waals surface area contributed by atoms with Crippen molar-refractivity contribution in [2.45, 2.75) is 38.5 Å². The summed E-state index contributed by atoms with van der Waals surface area (Å²) in [4.78, 5) is 26.2. The molecule has 0 saturated carbocycles. The van der Waals surface area contributed by atoms with E-state index in [1.807, 2.05) is 56.3 Å². The first-order chi connectivity index (χ1) is 15.0. The Morgan fingerprint density at radius 3 is 2.39 bits per heavy atom. The van der Waals surface area contributed by atoms with Crippen molar-refractivity contribution in [3.63, 3.8) is 0 Å². The van der Waals surface area contributed by atoms with Gasteiger partial charge in [0.25, 0.3) is 0 Å². The molecule has 0 bridgehead atoms. The minimum Gasteiger partial charge on any atom is -0.494 e. The minimum absolute atomic E-state index is 0.0652. The fourth-order valence-electron chi connectivity index (χ4n) is 4.64. The number of hydrogen-bond donors (Lipinski definition) is 1. The van der Waals surface area contributed by atoms with Gasteiger partial charge in [-0.15, -0.1) is 0 Å². The van der Waals surface area contributed by atoms with Crippen LogP contribution in [0.15, 0.2) is 77.1 Å². The molecule has 1 aliphatic heterocycles. The summed E-state index contributed by atoms with van der Waals surface area (Å²) in [6.45, 7) is 4.38. The molecule has 160 valence electrons. The third kappa shape index (κ3) is 4.00. The van der Waals surface area contributed by atoms with Crippen LogP contribution in [0.2, 0.25) is 0 Å². The van der Waals surface area contributed by atoms with Gasteiger partial charge in [-0.3, -0.25) is 4.79 Å². The maximum atomic E-state index is 13.4. The van der Waals surface area contributed by atoms with E-state index in [1.165, 1.54) is 7.11 Å². The van der Waals surface area contributed by atoms with Gasteiger partial charge in [0.2, 0.25) is 0 Å². The highest BCUT2D eigenvalue weighted by molar-refractivity contribution is 6.04. The number of carbonyl (C=O) groups excluding carboxylic acids is 2. The van der Waals surface area contributed by atoms with Crippen molar-refractivity contribution in [2.24, 2.45) is 0 Å². The summed E-state index contributed by atoms with van der Waals surface area (Å²) in [5.74, 6) is 0.0645. The Balaban J connectivity index is 1.78. The van der Waals surface area contributed by atoms with Gasteiger partial charge in [0, 0.05) is 29.3 Å². The van der Waals surface area contributed by atoms with E-state index in [0.717, 1.165) is 34.7 Å². The number of methoxy groups -OCH3 is 1. The zero-order valence-electron chi connectivity index (χ0n) is 18.1. The van der Waals surface area contributed by atoms with Gasteiger partial charge in [-0.05, 0) is 49.4 Å². The van der Waals surface area contributed by atoms with Crippen LogP contribution in [0, 0.1) is 0 Å². The van der Waals surface area contributed by atoms with Crippen molar-refractivity contribution in [1.29, 1.82) is 0 Å². The van der Waals surface area contributed by atoms with Crippen molar-refractivity contribution < 1.29 is 19.1 Å². The summed E-state index contributed by atoms with van der Waals surface area (Å²) in [6.07, 6.45) is 1.15. The molecule has 0 radical (unpaired) electrons. The molecule has 1 heterocycles. The molecule has 4 rings (SSSR count). The van der Waals surface area contributed by atoms with E-state index in [1.54, 1.807) is 0 Å². The standard InChI is InChI=1S/C26H27NO4/c1-4-31-20-12-10-18(11-13-20)24-23(26(29)30-3)16(2)27-21-14-19(15-22(28)25(21)24)17-8-6-5-7-9-17/h5-13,19,24,27H,4,14-15H2,1-3H3/t19-,24+/m1/s1. The lowest BCUT2D eigenvalue weighted by molar-refractivity contribution is -0.136. The van der Waals surface area contributed by atoms with Crippen LogP contribution in [0.4, 0.5) is 0 Å². The van der Waals surface area contributed by atoms with Crippen LogP contribution in [0.5, 0.6) is 5.75 Å². The minimum atomic E-state index is -0.455. The van der Waals surface area contributed by atoms with Crippen LogP contribution < -0.4 is 10.1 Å². The number of ether oxygens (including phenoxy) is 2. The largest absolute Gasteiger partial charge is 0.494 e. The Morgan fingerprint density at radius 2 is 1.74 bits per heavy atom. The number of Topliss-reactive ketones (excluding diaryl/α,β-unsaturated/α-hetero) is 1. The van der Waals surface area contributed by atoms with Crippen LogP contribution in [0.25, 0.3) is 0 Å². The predicted molar refractivity (Wildman–Crippen MR) is 119 cm³/mol. The summed E-state index contributed by atoms with van der Waals surface area (Å²) in [7, 11) is 1.37. The van der Waals surface area contributed by atoms with E-state index in [0.29, 0.717) is 24.2 Å². The predicted octanol–water partition coefficient (Wildman–Crippen LogP) is 4.62. The molecule has 31 heavy (non-hydrogen) atoms. The first kappa shape index (κ1) is 20.9. The molecule has 0 amide bonds. The number of hydrogen-bond acceptors (Lipinski definition) is 5. The number of benzene rings is 2. The second-order valence-corrected chi connectivity index (χ2v) is 7.92. The number of allylic oxidation sites excluding steroid dienone is 3. The third-order valence-electron chi connectivity index (χ3n) is 6.03. The van der Waals surface area contributed by atoms with Crippen LogP contribution in [0.1, 0.15) is 49.7 Å². The van der Waals surface area contributed by atoms with Crippen molar-refractivity contribution in [3.05, 3.63) is 88.3 Å². The average molecular weight is 418 g/mol. The highest BCUT2D eigenvalue weighted by Crippen LogP contribution is 2.45. The van der Waals surface area contributed by atoms with Gasteiger partial charge in [-0.2, -0.15) is 0 Å². The Morgan fingerprint density at radius 1 is 1.03 bits per heavy atom. The molecule has 2 aliphatic rings. The van der Waals surface area contributed by atoms with Gasteiger partial charge in [0.15, 0.2) is 5.78 Å². The molecule has 5 nitrogen and oxygen atoms in total. The molecule has 0 unspecified atom stereocenters. The molecule has 2 atom stereocenters. The van der Waals surface area contributed by atoms with E-state index in [4.69, 9.17) is 9.47 Å². The van der Waals surface area contributed by atoms with Gasteiger partial charge in [0.05, 0.1) is 19.3 Å². The number of rotatable bonds is 5. The molecule has 2 aromatic rings. The van der Waals surface area contributed by atoms with Crippen LogP contribution in [-0.2, 0) is 14.3 Å². The van der Waals surface area contributed by atoms with Crippen molar-refractivity contribution >= 4 is 11.8 Å². The fourth-order valence-corrected chi connectivity index (χ4v) is 4.64. The zero-order chi connectivity index (χ0) is 22.0. The van der Waals surface area contributed by atoms with E-state index in [2.05, 4.69) is 17.4 Å². The molecule has 0 fully saturated rings.